The molecule has 2 rings (SSSR count). The highest BCUT2D eigenvalue weighted by molar-refractivity contribution is 6.62. The van der Waals surface area contributed by atoms with Crippen molar-refractivity contribution in [2.24, 2.45) is 0 Å². The lowest BCUT2D eigenvalue weighted by Gasteiger charge is -2.11. The molecule has 1 aromatic heterocycles. The van der Waals surface area contributed by atoms with Gasteiger partial charge < -0.3 is 30.0 Å². The molecule has 0 aliphatic rings. The van der Waals surface area contributed by atoms with Gasteiger partial charge in [0.25, 0.3) is 0 Å². The van der Waals surface area contributed by atoms with Crippen LogP contribution in [0, 0.1) is 5.82 Å². The van der Waals surface area contributed by atoms with E-state index in [4.69, 9.17) is 36.5 Å². The van der Waals surface area contributed by atoms with Crippen molar-refractivity contribution >= 4 is 38.3 Å². The molecule has 6 N–H and O–H groups in total. The van der Waals surface area contributed by atoms with E-state index in [1.165, 1.54) is 19.2 Å². The molecular formula is C14H13ClFN3O6Si. The molecular weight excluding hydrogens is 389 g/mol. The van der Waals surface area contributed by atoms with Crippen LogP contribution in [0.2, 0.25) is 5.02 Å². The minimum Gasteiger partial charge on any atom is -0.492 e. The molecule has 0 radical (unpaired) electrons. The summed E-state index contributed by atoms with van der Waals surface area (Å²) in [6.07, 6.45) is 0.869. The number of nitrogen functional groups attached to an aromatic ring is 1. The lowest BCUT2D eigenvalue weighted by molar-refractivity contribution is 0.0690. The number of ether oxygens (including phenoxy) is 1. The van der Waals surface area contributed by atoms with Crippen molar-refractivity contribution in [2.45, 2.75) is 0 Å². The maximum Gasteiger partial charge on any atom is 0.521 e. The van der Waals surface area contributed by atoms with Gasteiger partial charge in [0, 0.05) is 5.56 Å². The number of rotatable bonds is 5. The number of carboxylic acid groups (broad SMARTS) is 1. The Morgan fingerprint density at radius 3 is 2.54 bits per heavy atom. The number of halogens is 2. The molecule has 0 unspecified atom stereocenters. The average Bonchev–Trinajstić information content (AvgIpc) is 2.52. The highest BCUT2D eigenvalue weighted by Crippen LogP contribution is 2.34. The van der Waals surface area contributed by atoms with Crippen LogP contribution in [-0.2, 0) is 0 Å². The molecule has 0 amide bonds. The summed E-state index contributed by atoms with van der Waals surface area (Å²) >= 11 is 5.81. The van der Waals surface area contributed by atoms with Crippen LogP contribution in [-0.4, -0.2) is 51.3 Å². The van der Waals surface area contributed by atoms with E-state index in [1.807, 2.05) is 0 Å². The van der Waals surface area contributed by atoms with Gasteiger partial charge in [0.05, 0.1) is 17.7 Å². The Bertz CT molecular complexity index is 903. The Balaban J connectivity index is 2.68. The van der Waals surface area contributed by atoms with Gasteiger partial charge in [-0.3, -0.25) is 0 Å². The van der Waals surface area contributed by atoms with E-state index in [1.54, 1.807) is 0 Å². The van der Waals surface area contributed by atoms with Crippen LogP contribution in [0.4, 0.5) is 10.2 Å². The Hall–Kier alpha value is -2.57. The summed E-state index contributed by atoms with van der Waals surface area (Å²) in [5, 5.41) is 9.30. The molecule has 0 fully saturated rings. The quantitative estimate of drug-likeness (QED) is 0.454. The van der Waals surface area contributed by atoms with Crippen LogP contribution < -0.4 is 10.5 Å². The van der Waals surface area contributed by atoms with Crippen LogP contribution >= 0.6 is 11.6 Å². The molecule has 9 nitrogen and oxygen atoms in total. The van der Waals surface area contributed by atoms with Gasteiger partial charge in [0.2, 0.25) is 0 Å². The van der Waals surface area contributed by atoms with E-state index in [0.29, 0.717) is 5.70 Å². The second-order valence-electron chi connectivity index (χ2n) is 4.96. The molecule has 26 heavy (non-hydrogen) atoms. The zero-order valence-electron chi connectivity index (χ0n) is 13.1. The maximum atomic E-state index is 14.5. The van der Waals surface area contributed by atoms with Gasteiger partial charge in [-0.25, -0.2) is 19.2 Å². The predicted molar refractivity (Wildman–Crippen MR) is 91.8 cm³/mol. The van der Waals surface area contributed by atoms with E-state index in [2.05, 4.69) is 9.97 Å². The molecule has 0 atom stereocenters. The number of nitrogens with zero attached hydrogens (tertiary/aromatic N) is 2. The summed E-state index contributed by atoms with van der Waals surface area (Å²) in [6.45, 7) is 0. The number of nitrogens with two attached hydrogens (primary N) is 1. The van der Waals surface area contributed by atoms with Crippen molar-refractivity contribution < 1.29 is 33.4 Å². The standard InChI is InChI=1S/C14H13ClFN3O6Si/c1-25-11-8(15)3-2-6(9(11)16)13-18-10(14(20)21)7(12(17)19-13)4-5-26(22,23)24/h2-5,22-24H,1H3,(H,20,21)(H2,17,18,19)/b5-4+. The fourth-order valence-corrected chi connectivity index (χ4v) is 2.64. The van der Waals surface area contributed by atoms with Crippen molar-refractivity contribution in [1.29, 1.82) is 0 Å². The summed E-state index contributed by atoms with van der Waals surface area (Å²) in [4.78, 5) is 46.1. The van der Waals surface area contributed by atoms with Crippen molar-refractivity contribution in [3.63, 3.8) is 0 Å². The zero-order chi connectivity index (χ0) is 19.6. The van der Waals surface area contributed by atoms with Gasteiger partial charge in [-0.05, 0) is 23.9 Å². The summed E-state index contributed by atoms with van der Waals surface area (Å²) in [5.41, 5.74) is 5.19. The average molecular weight is 402 g/mol. The van der Waals surface area contributed by atoms with Crippen LogP contribution in [0.15, 0.2) is 17.8 Å². The summed E-state index contributed by atoms with van der Waals surface area (Å²) in [5.74, 6) is -3.43. The largest absolute Gasteiger partial charge is 0.521 e. The second kappa shape index (κ2) is 7.35. The smallest absolute Gasteiger partial charge is 0.492 e. The molecule has 0 spiro atoms. The molecule has 0 saturated carbocycles. The first kappa shape index (κ1) is 19.7. The molecule has 1 heterocycles. The number of aromatic carboxylic acids is 1. The van der Waals surface area contributed by atoms with Gasteiger partial charge in [0.15, 0.2) is 23.1 Å². The first-order chi connectivity index (χ1) is 12.0. The highest BCUT2D eigenvalue weighted by Gasteiger charge is 2.25. The van der Waals surface area contributed by atoms with E-state index in [9.17, 15) is 14.3 Å². The Morgan fingerprint density at radius 1 is 1.35 bits per heavy atom. The number of methoxy groups -OCH3 is 1. The van der Waals surface area contributed by atoms with Crippen LogP contribution in [0.3, 0.4) is 0 Å². The van der Waals surface area contributed by atoms with E-state index in [-0.39, 0.29) is 33.5 Å². The summed E-state index contributed by atoms with van der Waals surface area (Å²) in [6, 6.07) is 2.54. The first-order valence-corrected chi connectivity index (χ1v) is 9.14. The molecule has 12 heteroatoms. The van der Waals surface area contributed by atoms with E-state index >= 15 is 0 Å². The molecule has 2 aromatic rings. The fourth-order valence-electron chi connectivity index (χ4n) is 2.02. The van der Waals surface area contributed by atoms with Gasteiger partial charge in [-0.2, -0.15) is 0 Å². The van der Waals surface area contributed by atoms with Gasteiger partial charge in [-0.1, -0.05) is 11.6 Å². The van der Waals surface area contributed by atoms with Crippen molar-refractivity contribution in [3.05, 3.63) is 39.9 Å². The molecule has 0 bridgehead atoms. The number of aromatic nitrogens is 2. The Kier molecular flexibility index (Phi) is 5.58. The lowest BCUT2D eigenvalue weighted by Crippen LogP contribution is -2.31. The van der Waals surface area contributed by atoms with Crippen LogP contribution in [0.25, 0.3) is 17.5 Å². The fraction of sp³-hybridized carbons (Fsp3) is 0.0714. The van der Waals surface area contributed by atoms with E-state index < -0.39 is 26.3 Å². The number of carbonyl (C=O) groups is 1. The normalized spacial score (nSPS) is 11.8. The Morgan fingerprint density at radius 2 is 2.00 bits per heavy atom. The summed E-state index contributed by atoms with van der Waals surface area (Å²) in [7, 11) is -3.40. The third-order valence-corrected chi connectivity index (χ3v) is 4.06. The monoisotopic (exact) mass is 401 g/mol. The zero-order valence-corrected chi connectivity index (χ0v) is 14.9. The van der Waals surface area contributed by atoms with Gasteiger partial charge in [-0.15, -0.1) is 0 Å². The lowest BCUT2D eigenvalue weighted by atomic mass is 10.1. The molecule has 0 aliphatic carbocycles. The minimum absolute atomic E-state index is 0.00475. The van der Waals surface area contributed by atoms with Crippen molar-refractivity contribution in [3.8, 4) is 17.1 Å². The van der Waals surface area contributed by atoms with Gasteiger partial charge >= 0.3 is 14.8 Å². The van der Waals surface area contributed by atoms with Crippen molar-refractivity contribution in [1.82, 2.24) is 9.97 Å². The predicted octanol–water partition coefficient (Wildman–Crippen LogP) is 0.693. The number of hydrogen-bond acceptors (Lipinski definition) is 8. The maximum absolute atomic E-state index is 14.5. The number of carboxylic acids is 1. The minimum atomic E-state index is -4.60. The van der Waals surface area contributed by atoms with E-state index in [0.717, 1.165) is 6.08 Å². The molecule has 138 valence electrons. The third-order valence-electron chi connectivity index (χ3n) is 3.15. The number of anilines is 1. The topological polar surface area (TPSA) is 159 Å². The first-order valence-electron chi connectivity index (χ1n) is 6.84. The Labute approximate surface area is 152 Å². The second-order valence-corrected chi connectivity index (χ2v) is 7.08. The van der Waals surface area contributed by atoms with Crippen molar-refractivity contribution in [2.75, 3.05) is 12.8 Å². The molecule has 0 aliphatic heterocycles. The summed E-state index contributed by atoms with van der Waals surface area (Å²) < 4.78 is 19.3. The number of benzene rings is 1. The molecule has 1 aromatic carbocycles. The SMILES string of the molecule is COc1c(Cl)ccc(-c2nc(N)c(/C=C/[Si](O)(O)O)c(C(=O)O)n2)c1F. The van der Waals surface area contributed by atoms with Crippen LogP contribution in [0.1, 0.15) is 16.1 Å². The molecule has 0 saturated heterocycles. The van der Waals surface area contributed by atoms with Crippen LogP contribution in [0.5, 0.6) is 5.75 Å². The third kappa shape index (κ3) is 4.15. The highest BCUT2D eigenvalue weighted by atomic mass is 35.5. The van der Waals surface area contributed by atoms with Gasteiger partial charge in [0.1, 0.15) is 5.82 Å². The number of hydrogen-bond donors (Lipinski definition) is 5.